The lowest BCUT2D eigenvalue weighted by molar-refractivity contribution is 0.102. The van der Waals surface area contributed by atoms with E-state index < -0.39 is 5.60 Å². The predicted octanol–water partition coefficient (Wildman–Crippen LogP) is 3.54. The summed E-state index contributed by atoms with van der Waals surface area (Å²) in [5, 5.41) is 15.9. The van der Waals surface area contributed by atoms with Crippen LogP contribution < -0.4 is 5.32 Å². The molecule has 2 aromatic heterocycles. The molecule has 6 nitrogen and oxygen atoms in total. The van der Waals surface area contributed by atoms with E-state index in [0.29, 0.717) is 11.6 Å². The predicted molar refractivity (Wildman–Crippen MR) is 127 cm³/mol. The molecule has 3 aromatic rings. The smallest absolute Gasteiger partial charge is 0.105 e. The number of aromatic nitrogens is 3. The molecule has 1 aromatic carbocycles. The maximum Gasteiger partial charge on any atom is 0.105 e. The number of aliphatic hydroxyl groups is 1. The van der Waals surface area contributed by atoms with Gasteiger partial charge in [0.1, 0.15) is 11.4 Å². The van der Waals surface area contributed by atoms with Gasteiger partial charge in [-0.1, -0.05) is 23.7 Å². The van der Waals surface area contributed by atoms with Gasteiger partial charge in [-0.2, -0.15) is 0 Å². The second-order valence-electron chi connectivity index (χ2n) is 8.83. The summed E-state index contributed by atoms with van der Waals surface area (Å²) in [6.45, 7) is 7.96. The minimum atomic E-state index is -1.14. The fourth-order valence-electron chi connectivity index (χ4n) is 4.90. The number of aryl methyl sites for hydroxylation is 1. The van der Waals surface area contributed by atoms with Gasteiger partial charge < -0.3 is 15.0 Å². The number of benzene rings is 1. The van der Waals surface area contributed by atoms with E-state index in [1.165, 1.54) is 0 Å². The average Bonchev–Trinajstić information content (AvgIpc) is 3.11. The lowest BCUT2D eigenvalue weighted by Gasteiger charge is -2.36. The summed E-state index contributed by atoms with van der Waals surface area (Å²) < 4.78 is 1.98. The molecule has 1 aliphatic carbocycles. The van der Waals surface area contributed by atoms with Gasteiger partial charge in [-0.25, -0.2) is 4.98 Å². The number of nitrogens with zero attached hydrogens (tertiary/aromatic N) is 4. The first-order valence-electron chi connectivity index (χ1n) is 11.1. The van der Waals surface area contributed by atoms with E-state index in [0.717, 1.165) is 60.0 Å². The van der Waals surface area contributed by atoms with Crippen LogP contribution in [0.5, 0.6) is 0 Å². The van der Waals surface area contributed by atoms with Crippen LogP contribution >= 0.6 is 11.6 Å². The van der Waals surface area contributed by atoms with E-state index in [1.54, 1.807) is 6.20 Å². The van der Waals surface area contributed by atoms with Crippen molar-refractivity contribution in [2.24, 2.45) is 0 Å². The molecular weight excluding hydrogens is 422 g/mol. The largest absolute Gasteiger partial charge is 0.384 e. The molecule has 1 saturated heterocycles. The van der Waals surface area contributed by atoms with Gasteiger partial charge in [-0.05, 0) is 60.4 Å². The van der Waals surface area contributed by atoms with Crippen LogP contribution in [-0.2, 0) is 6.54 Å². The molecule has 3 heterocycles. The summed E-state index contributed by atoms with van der Waals surface area (Å²) in [5.41, 5.74) is 3.85. The summed E-state index contributed by atoms with van der Waals surface area (Å²) in [4.78, 5) is 11.6. The molecule has 0 spiro atoms. The van der Waals surface area contributed by atoms with Gasteiger partial charge in [0.15, 0.2) is 0 Å². The molecule has 1 fully saturated rings. The van der Waals surface area contributed by atoms with Crippen molar-refractivity contribution in [3.8, 4) is 0 Å². The van der Waals surface area contributed by atoms with Gasteiger partial charge >= 0.3 is 0 Å². The van der Waals surface area contributed by atoms with Crippen LogP contribution in [0.15, 0.2) is 48.9 Å². The van der Waals surface area contributed by atoms with Crippen LogP contribution in [0.4, 0.5) is 0 Å². The van der Waals surface area contributed by atoms with E-state index >= 15 is 0 Å². The first kappa shape index (κ1) is 21.3. The van der Waals surface area contributed by atoms with Gasteiger partial charge in [0, 0.05) is 49.8 Å². The van der Waals surface area contributed by atoms with Crippen molar-refractivity contribution in [2.45, 2.75) is 32.0 Å². The van der Waals surface area contributed by atoms with Crippen LogP contribution in [0, 0.1) is 6.92 Å². The third-order valence-electron chi connectivity index (χ3n) is 6.53. The topological polar surface area (TPSA) is 66.2 Å². The molecule has 0 bridgehead atoms. The summed E-state index contributed by atoms with van der Waals surface area (Å²) in [7, 11) is 0. The van der Waals surface area contributed by atoms with Crippen molar-refractivity contribution < 1.29 is 5.11 Å². The maximum absolute atomic E-state index is 11.8. The molecule has 32 heavy (non-hydrogen) atoms. The molecule has 0 radical (unpaired) electrons. The lowest BCUT2D eigenvalue weighted by atomic mass is 9.85. The summed E-state index contributed by atoms with van der Waals surface area (Å²) in [5.74, 6) is 0.867. The Morgan fingerprint density at radius 2 is 2.00 bits per heavy atom. The second-order valence-corrected chi connectivity index (χ2v) is 9.27. The van der Waals surface area contributed by atoms with Gasteiger partial charge in [-0.15, -0.1) is 0 Å². The van der Waals surface area contributed by atoms with E-state index in [4.69, 9.17) is 16.6 Å². The Morgan fingerprint density at radius 3 is 2.75 bits per heavy atom. The first-order valence-corrected chi connectivity index (χ1v) is 11.4. The molecule has 166 valence electrons. The Kier molecular flexibility index (Phi) is 5.63. The van der Waals surface area contributed by atoms with Gasteiger partial charge in [0.2, 0.25) is 0 Å². The number of fused-ring (bicyclic) bond motifs is 2. The number of rotatable bonds is 4. The number of hydrogen-bond acceptors (Lipinski definition) is 5. The van der Waals surface area contributed by atoms with Crippen molar-refractivity contribution in [1.29, 1.82) is 0 Å². The highest BCUT2D eigenvalue weighted by Crippen LogP contribution is 2.43. The zero-order valence-corrected chi connectivity index (χ0v) is 19.2. The van der Waals surface area contributed by atoms with Crippen LogP contribution in [0.1, 0.15) is 41.2 Å². The number of nitrogens with one attached hydrogen (secondary N) is 1. The molecule has 0 saturated carbocycles. The third-order valence-corrected chi connectivity index (χ3v) is 6.76. The van der Waals surface area contributed by atoms with Gasteiger partial charge in [0.05, 0.1) is 18.3 Å². The molecule has 0 amide bonds. The molecular formula is C25H28ClN5O. The van der Waals surface area contributed by atoms with Crippen LogP contribution in [0.3, 0.4) is 0 Å². The lowest BCUT2D eigenvalue weighted by Crippen LogP contribution is -2.45. The zero-order chi connectivity index (χ0) is 22.3. The Balaban J connectivity index is 1.70. The minimum Gasteiger partial charge on any atom is -0.384 e. The first-order chi connectivity index (χ1) is 15.4. The number of halogens is 1. The van der Waals surface area contributed by atoms with Gasteiger partial charge in [-0.3, -0.25) is 9.88 Å². The highest BCUT2D eigenvalue weighted by molar-refractivity contribution is 6.30. The Morgan fingerprint density at radius 1 is 1.19 bits per heavy atom. The molecule has 2 aliphatic rings. The SMILES string of the molecule is Cc1nccn1CC(C)(O)C1=Cc2cccnc2[C@@H](N2CCNCC2)c2ccc(Cl)cc21. The van der Waals surface area contributed by atoms with Gasteiger partial charge in [0.25, 0.3) is 0 Å². The Bertz CT molecular complexity index is 1160. The fraction of sp³-hybridized carbons (Fsp3) is 0.360. The molecule has 7 heteroatoms. The molecule has 2 atom stereocenters. The molecule has 1 aliphatic heterocycles. The fourth-order valence-corrected chi connectivity index (χ4v) is 5.08. The van der Waals surface area contributed by atoms with Crippen molar-refractivity contribution >= 4 is 23.3 Å². The van der Waals surface area contributed by atoms with Crippen molar-refractivity contribution in [2.75, 3.05) is 26.2 Å². The third kappa shape index (κ3) is 3.88. The van der Waals surface area contributed by atoms with Crippen LogP contribution in [-0.4, -0.2) is 56.3 Å². The van der Waals surface area contributed by atoms with E-state index in [9.17, 15) is 5.11 Å². The molecule has 1 unspecified atom stereocenters. The molecule has 2 N–H and O–H groups in total. The van der Waals surface area contributed by atoms with E-state index in [-0.39, 0.29) is 6.04 Å². The summed E-state index contributed by atoms with van der Waals surface area (Å²) >= 11 is 6.49. The molecule has 5 rings (SSSR count). The van der Waals surface area contributed by atoms with Crippen molar-refractivity contribution in [3.63, 3.8) is 0 Å². The Hall–Kier alpha value is -2.51. The summed E-state index contributed by atoms with van der Waals surface area (Å²) in [6, 6.07) is 10.1. The highest BCUT2D eigenvalue weighted by atomic mass is 35.5. The van der Waals surface area contributed by atoms with E-state index in [1.807, 2.05) is 49.0 Å². The number of imidazole rings is 1. The van der Waals surface area contributed by atoms with E-state index in [2.05, 4.69) is 33.4 Å². The number of piperazine rings is 1. The zero-order valence-electron chi connectivity index (χ0n) is 18.4. The Labute approximate surface area is 193 Å². The maximum atomic E-state index is 11.8. The second kappa shape index (κ2) is 8.45. The quantitative estimate of drug-likeness (QED) is 0.637. The highest BCUT2D eigenvalue weighted by Gasteiger charge is 2.36. The average molecular weight is 450 g/mol. The minimum absolute atomic E-state index is 0.0000905. The van der Waals surface area contributed by atoms with Crippen molar-refractivity contribution in [1.82, 2.24) is 24.8 Å². The number of hydrogen-bond donors (Lipinski definition) is 2. The summed E-state index contributed by atoms with van der Waals surface area (Å²) in [6.07, 6.45) is 7.61. The van der Waals surface area contributed by atoms with Crippen LogP contribution in [0.2, 0.25) is 5.02 Å². The van der Waals surface area contributed by atoms with Crippen LogP contribution in [0.25, 0.3) is 11.6 Å². The number of pyridine rings is 1. The van der Waals surface area contributed by atoms with Crippen molar-refractivity contribution in [3.05, 3.63) is 82.2 Å². The standard InChI is InChI=1S/C25H28ClN5O/c1-17-28-10-13-31(17)16-25(2,32)22-14-18-4-3-7-29-23(18)24(30-11-8-27-9-12-30)20-6-5-19(26)15-21(20)22/h3-7,10,13-15,24,27,32H,8-9,11-12,16H2,1-2H3/t24-,25?/m0/s1. The normalized spacial score (nSPS) is 20.6. The monoisotopic (exact) mass is 449 g/mol.